The van der Waals surface area contributed by atoms with Gasteiger partial charge < -0.3 is 11.1 Å². The van der Waals surface area contributed by atoms with Gasteiger partial charge in [0.25, 0.3) is 0 Å². The van der Waals surface area contributed by atoms with Crippen molar-refractivity contribution in [3.05, 3.63) is 65.5 Å². The molecule has 0 aliphatic heterocycles. The first-order valence-corrected chi connectivity index (χ1v) is 6.44. The molecule has 1 amide bonds. The number of nitrogens with two attached hydrogens (primary N) is 1. The van der Waals surface area contributed by atoms with Crippen LogP contribution in [0.15, 0.2) is 48.5 Å². The van der Waals surface area contributed by atoms with Crippen LogP contribution in [-0.4, -0.2) is 5.91 Å². The molecule has 1 unspecified atom stereocenters. The Labute approximate surface area is 117 Å². The molecule has 20 heavy (non-hydrogen) atoms. The van der Waals surface area contributed by atoms with Crippen molar-refractivity contribution >= 4 is 11.6 Å². The highest BCUT2D eigenvalue weighted by Crippen LogP contribution is 2.16. The van der Waals surface area contributed by atoms with Gasteiger partial charge in [0.1, 0.15) is 5.82 Å². The summed E-state index contributed by atoms with van der Waals surface area (Å²) >= 11 is 0. The SMILES string of the molecule is CC(N)c1cccc(NC(=O)Cc2cccc(F)c2)c1. The van der Waals surface area contributed by atoms with Gasteiger partial charge in [-0.2, -0.15) is 0 Å². The molecule has 0 bridgehead atoms. The van der Waals surface area contributed by atoms with E-state index in [1.807, 2.05) is 25.1 Å². The first-order valence-electron chi connectivity index (χ1n) is 6.44. The summed E-state index contributed by atoms with van der Waals surface area (Å²) in [6.07, 6.45) is 0.139. The van der Waals surface area contributed by atoms with E-state index in [4.69, 9.17) is 5.73 Å². The molecule has 0 fully saturated rings. The minimum atomic E-state index is -0.339. The van der Waals surface area contributed by atoms with E-state index in [0.29, 0.717) is 11.3 Å². The van der Waals surface area contributed by atoms with Crippen LogP contribution in [0.4, 0.5) is 10.1 Å². The molecule has 4 heteroatoms. The third-order valence-corrected chi connectivity index (χ3v) is 2.95. The molecule has 3 N–H and O–H groups in total. The Kier molecular flexibility index (Phi) is 4.48. The maximum atomic E-state index is 13.0. The zero-order chi connectivity index (χ0) is 14.5. The number of carbonyl (C=O) groups is 1. The van der Waals surface area contributed by atoms with Gasteiger partial charge in [-0.25, -0.2) is 4.39 Å². The number of benzene rings is 2. The van der Waals surface area contributed by atoms with Crippen LogP contribution >= 0.6 is 0 Å². The number of hydrogen-bond acceptors (Lipinski definition) is 2. The van der Waals surface area contributed by atoms with E-state index >= 15 is 0 Å². The molecule has 0 aliphatic carbocycles. The van der Waals surface area contributed by atoms with Crippen molar-refractivity contribution in [3.8, 4) is 0 Å². The first-order chi connectivity index (χ1) is 9.54. The molecule has 0 aromatic heterocycles. The molecular formula is C16H17FN2O. The molecule has 104 valence electrons. The van der Waals surface area contributed by atoms with Crippen LogP contribution in [0.1, 0.15) is 24.1 Å². The fourth-order valence-electron chi connectivity index (χ4n) is 1.94. The number of anilines is 1. The highest BCUT2D eigenvalue weighted by atomic mass is 19.1. The van der Waals surface area contributed by atoms with Crippen molar-refractivity contribution in [1.82, 2.24) is 0 Å². The lowest BCUT2D eigenvalue weighted by Gasteiger charge is -2.09. The molecule has 2 rings (SSSR count). The van der Waals surface area contributed by atoms with Gasteiger partial charge in [-0.05, 0) is 42.3 Å². The van der Waals surface area contributed by atoms with Gasteiger partial charge in [-0.3, -0.25) is 4.79 Å². The fourth-order valence-corrected chi connectivity index (χ4v) is 1.94. The van der Waals surface area contributed by atoms with E-state index < -0.39 is 0 Å². The maximum absolute atomic E-state index is 13.0. The second kappa shape index (κ2) is 6.30. The fraction of sp³-hybridized carbons (Fsp3) is 0.188. The minimum Gasteiger partial charge on any atom is -0.326 e. The Morgan fingerprint density at radius 3 is 2.70 bits per heavy atom. The average molecular weight is 272 g/mol. The van der Waals surface area contributed by atoms with E-state index in [0.717, 1.165) is 5.56 Å². The lowest BCUT2D eigenvalue weighted by Crippen LogP contribution is -2.15. The number of nitrogens with one attached hydrogen (secondary N) is 1. The maximum Gasteiger partial charge on any atom is 0.228 e. The molecule has 0 saturated carbocycles. The molecule has 2 aromatic carbocycles. The zero-order valence-corrected chi connectivity index (χ0v) is 11.3. The third-order valence-electron chi connectivity index (χ3n) is 2.95. The lowest BCUT2D eigenvalue weighted by molar-refractivity contribution is -0.115. The van der Waals surface area contributed by atoms with Gasteiger partial charge in [-0.1, -0.05) is 24.3 Å². The topological polar surface area (TPSA) is 55.1 Å². The number of carbonyl (C=O) groups excluding carboxylic acids is 1. The second-order valence-electron chi connectivity index (χ2n) is 4.77. The average Bonchev–Trinajstić information content (AvgIpc) is 2.38. The molecule has 2 aromatic rings. The van der Waals surface area contributed by atoms with Crippen LogP contribution in [0.3, 0.4) is 0 Å². The van der Waals surface area contributed by atoms with E-state index in [9.17, 15) is 9.18 Å². The molecule has 1 atom stereocenters. The molecular weight excluding hydrogens is 255 g/mol. The van der Waals surface area contributed by atoms with Crippen molar-refractivity contribution < 1.29 is 9.18 Å². The monoisotopic (exact) mass is 272 g/mol. The summed E-state index contributed by atoms with van der Waals surface area (Å²) in [5.74, 6) is -0.522. The van der Waals surface area contributed by atoms with Gasteiger partial charge in [0, 0.05) is 11.7 Å². The smallest absolute Gasteiger partial charge is 0.228 e. The van der Waals surface area contributed by atoms with Crippen LogP contribution in [0.2, 0.25) is 0 Å². The number of rotatable bonds is 4. The Hall–Kier alpha value is -2.20. The lowest BCUT2D eigenvalue weighted by atomic mass is 10.1. The largest absolute Gasteiger partial charge is 0.326 e. The van der Waals surface area contributed by atoms with Crippen LogP contribution in [0.25, 0.3) is 0 Å². The second-order valence-corrected chi connectivity index (χ2v) is 4.77. The van der Waals surface area contributed by atoms with E-state index in [-0.39, 0.29) is 24.2 Å². The van der Waals surface area contributed by atoms with Crippen LogP contribution in [0, 0.1) is 5.82 Å². The molecule has 0 saturated heterocycles. The van der Waals surface area contributed by atoms with Gasteiger partial charge in [0.05, 0.1) is 6.42 Å². The molecule has 0 aliphatic rings. The summed E-state index contributed by atoms with van der Waals surface area (Å²) in [6.45, 7) is 1.88. The van der Waals surface area contributed by atoms with Crippen molar-refractivity contribution in [1.29, 1.82) is 0 Å². The highest BCUT2D eigenvalue weighted by Gasteiger charge is 2.06. The Morgan fingerprint density at radius 2 is 2.00 bits per heavy atom. The van der Waals surface area contributed by atoms with Crippen molar-refractivity contribution in [3.63, 3.8) is 0 Å². The van der Waals surface area contributed by atoms with Crippen LogP contribution in [-0.2, 0) is 11.2 Å². The minimum absolute atomic E-state index is 0.0879. The standard InChI is InChI=1S/C16H17FN2O/c1-11(18)13-5-3-7-15(10-13)19-16(20)9-12-4-2-6-14(17)8-12/h2-8,10-11H,9,18H2,1H3,(H,19,20). The van der Waals surface area contributed by atoms with Crippen molar-refractivity contribution in [2.24, 2.45) is 5.73 Å². The van der Waals surface area contributed by atoms with Crippen LogP contribution < -0.4 is 11.1 Å². The van der Waals surface area contributed by atoms with Crippen molar-refractivity contribution in [2.45, 2.75) is 19.4 Å². The van der Waals surface area contributed by atoms with Gasteiger partial charge in [0.15, 0.2) is 0 Å². The summed E-state index contributed by atoms with van der Waals surface area (Å²) in [5, 5.41) is 2.79. The van der Waals surface area contributed by atoms with Crippen molar-refractivity contribution in [2.75, 3.05) is 5.32 Å². The van der Waals surface area contributed by atoms with E-state index in [2.05, 4.69) is 5.32 Å². The summed E-state index contributed by atoms with van der Waals surface area (Å²) in [6, 6.07) is 13.3. The molecule has 3 nitrogen and oxygen atoms in total. The molecule has 0 spiro atoms. The summed E-state index contributed by atoms with van der Waals surface area (Å²) in [4.78, 5) is 11.9. The quantitative estimate of drug-likeness (QED) is 0.898. The van der Waals surface area contributed by atoms with E-state index in [1.165, 1.54) is 12.1 Å². The normalized spacial score (nSPS) is 11.9. The predicted octanol–water partition coefficient (Wildman–Crippen LogP) is 3.03. The number of amides is 1. The van der Waals surface area contributed by atoms with Gasteiger partial charge in [0.2, 0.25) is 5.91 Å². The first kappa shape index (κ1) is 14.2. The summed E-state index contributed by atoms with van der Waals surface area (Å²) < 4.78 is 13.0. The van der Waals surface area contributed by atoms with Crippen LogP contribution in [0.5, 0.6) is 0 Å². The van der Waals surface area contributed by atoms with E-state index in [1.54, 1.807) is 18.2 Å². The summed E-state index contributed by atoms with van der Waals surface area (Å²) in [7, 11) is 0. The highest BCUT2D eigenvalue weighted by molar-refractivity contribution is 5.92. The predicted molar refractivity (Wildman–Crippen MR) is 77.8 cm³/mol. The number of halogens is 1. The molecule has 0 heterocycles. The van der Waals surface area contributed by atoms with Gasteiger partial charge >= 0.3 is 0 Å². The Balaban J connectivity index is 2.03. The third kappa shape index (κ3) is 3.90. The number of hydrogen-bond donors (Lipinski definition) is 2. The molecule has 0 radical (unpaired) electrons. The summed E-state index contributed by atoms with van der Waals surface area (Å²) in [5.41, 5.74) is 8.09. The van der Waals surface area contributed by atoms with Gasteiger partial charge in [-0.15, -0.1) is 0 Å². The zero-order valence-electron chi connectivity index (χ0n) is 11.3. The Bertz CT molecular complexity index is 611. The Morgan fingerprint density at radius 1 is 1.25 bits per heavy atom.